The minimum absolute atomic E-state index is 0.254. The van der Waals surface area contributed by atoms with Crippen LogP contribution in [0.15, 0.2) is 24.3 Å². The number of hydrogen-bond acceptors (Lipinski definition) is 4. The Morgan fingerprint density at radius 3 is 2.80 bits per heavy atom. The maximum atomic E-state index is 11.6. The smallest absolute Gasteiger partial charge is 0.151 e. The topological polar surface area (TPSA) is 63.4 Å². The van der Waals surface area contributed by atoms with Crippen molar-refractivity contribution in [2.45, 2.75) is 13.0 Å². The van der Waals surface area contributed by atoms with E-state index < -0.39 is 9.84 Å². The van der Waals surface area contributed by atoms with E-state index >= 15 is 0 Å². The predicted octanol–water partition coefficient (Wildman–Crippen LogP) is 0.617. The first-order valence-corrected chi connectivity index (χ1v) is 8.62. The minimum atomic E-state index is -2.85. The van der Waals surface area contributed by atoms with Crippen LogP contribution in [-0.4, -0.2) is 44.5 Å². The van der Waals surface area contributed by atoms with Gasteiger partial charge in [0.1, 0.15) is 0 Å². The molecule has 2 rings (SSSR count). The van der Waals surface area contributed by atoms with Crippen molar-refractivity contribution in [1.29, 1.82) is 0 Å². The molecule has 1 aromatic rings. The van der Waals surface area contributed by atoms with Crippen molar-refractivity contribution in [2.75, 3.05) is 31.1 Å². The summed E-state index contributed by atoms with van der Waals surface area (Å²) in [4.78, 5) is 2.19. The zero-order valence-electron chi connectivity index (χ0n) is 11.5. The van der Waals surface area contributed by atoms with E-state index in [9.17, 15) is 8.42 Å². The third kappa shape index (κ3) is 4.34. The number of hydrogen-bond donors (Lipinski definition) is 1. The van der Waals surface area contributed by atoms with Crippen LogP contribution < -0.4 is 5.73 Å². The Labute approximate surface area is 120 Å². The Bertz CT molecular complexity index is 614. The number of rotatable bonds is 2. The van der Waals surface area contributed by atoms with Gasteiger partial charge in [-0.2, -0.15) is 0 Å². The molecule has 1 aliphatic rings. The number of sulfone groups is 1. The maximum absolute atomic E-state index is 11.6. The van der Waals surface area contributed by atoms with Crippen LogP contribution in [0, 0.1) is 11.8 Å². The van der Waals surface area contributed by atoms with Crippen LogP contribution in [0.4, 0.5) is 0 Å². The lowest BCUT2D eigenvalue weighted by molar-refractivity contribution is 0.287. The quantitative estimate of drug-likeness (QED) is 0.812. The van der Waals surface area contributed by atoms with Gasteiger partial charge in [0.05, 0.1) is 18.1 Å². The second-order valence-corrected chi connectivity index (χ2v) is 7.25. The highest BCUT2D eigenvalue weighted by atomic mass is 32.2. The van der Waals surface area contributed by atoms with Gasteiger partial charge >= 0.3 is 0 Å². The number of nitrogens with two attached hydrogens (primary N) is 1. The van der Waals surface area contributed by atoms with Crippen molar-refractivity contribution >= 4 is 9.84 Å². The summed E-state index contributed by atoms with van der Waals surface area (Å²) < 4.78 is 23.2. The maximum Gasteiger partial charge on any atom is 0.151 e. The molecule has 0 aliphatic carbocycles. The fraction of sp³-hybridized carbons (Fsp3) is 0.467. The molecule has 1 aromatic carbocycles. The molecule has 0 aromatic heterocycles. The molecule has 2 N–H and O–H groups in total. The first-order valence-electron chi connectivity index (χ1n) is 6.80. The fourth-order valence-corrected chi connectivity index (χ4v) is 3.62. The second-order valence-electron chi connectivity index (χ2n) is 4.94. The van der Waals surface area contributed by atoms with Crippen LogP contribution in [-0.2, 0) is 16.4 Å². The van der Waals surface area contributed by atoms with Crippen LogP contribution in [0.1, 0.15) is 17.5 Å². The van der Waals surface area contributed by atoms with Crippen LogP contribution in [0.25, 0.3) is 0 Å². The summed E-state index contributed by atoms with van der Waals surface area (Å²) >= 11 is 0. The summed E-state index contributed by atoms with van der Waals surface area (Å²) in [6, 6.07) is 7.96. The van der Waals surface area contributed by atoms with Gasteiger partial charge in [-0.3, -0.25) is 4.90 Å². The van der Waals surface area contributed by atoms with Crippen molar-refractivity contribution in [1.82, 2.24) is 4.90 Å². The highest BCUT2D eigenvalue weighted by molar-refractivity contribution is 7.91. The van der Waals surface area contributed by atoms with Crippen molar-refractivity contribution < 1.29 is 8.42 Å². The Morgan fingerprint density at radius 1 is 1.20 bits per heavy atom. The molecule has 0 spiro atoms. The molecule has 108 valence electrons. The minimum Gasteiger partial charge on any atom is -0.320 e. The largest absolute Gasteiger partial charge is 0.320 e. The lowest BCUT2D eigenvalue weighted by Crippen LogP contribution is -2.27. The summed E-state index contributed by atoms with van der Waals surface area (Å²) in [5, 5.41) is 0. The molecule has 1 saturated heterocycles. The summed E-state index contributed by atoms with van der Waals surface area (Å²) in [5.74, 6) is 6.50. The second kappa shape index (κ2) is 6.89. The van der Waals surface area contributed by atoms with Gasteiger partial charge in [0.2, 0.25) is 0 Å². The molecule has 1 heterocycles. The average Bonchev–Trinajstić information content (AvgIpc) is 2.59. The van der Waals surface area contributed by atoms with Gasteiger partial charge in [-0.1, -0.05) is 30.0 Å². The molecular weight excluding hydrogens is 272 g/mol. The molecule has 0 saturated carbocycles. The van der Waals surface area contributed by atoms with Crippen molar-refractivity contribution in [3.8, 4) is 11.8 Å². The molecule has 0 atom stereocenters. The van der Waals surface area contributed by atoms with E-state index in [1.54, 1.807) is 0 Å². The Hall–Kier alpha value is -1.35. The third-order valence-electron chi connectivity index (χ3n) is 3.38. The Morgan fingerprint density at radius 2 is 2.00 bits per heavy atom. The standard InChI is InChI=1S/C15H20N2O2S/c16-8-3-7-14-5-1-2-6-15(14)13-17-9-4-11-20(18,19)12-10-17/h1-2,5-6H,4,8-13,16H2. The molecule has 1 fully saturated rings. The Balaban J connectivity index is 2.10. The van der Waals surface area contributed by atoms with E-state index in [0.29, 0.717) is 25.3 Å². The van der Waals surface area contributed by atoms with Gasteiger partial charge in [0, 0.05) is 18.7 Å². The van der Waals surface area contributed by atoms with Gasteiger partial charge in [-0.15, -0.1) is 0 Å². The van der Waals surface area contributed by atoms with Crippen LogP contribution in [0.3, 0.4) is 0 Å². The van der Waals surface area contributed by atoms with E-state index in [4.69, 9.17) is 5.73 Å². The first-order chi connectivity index (χ1) is 9.61. The van der Waals surface area contributed by atoms with E-state index in [1.807, 2.05) is 24.3 Å². The molecule has 0 amide bonds. The summed E-state index contributed by atoms with van der Waals surface area (Å²) in [5.41, 5.74) is 7.52. The van der Waals surface area contributed by atoms with Crippen molar-refractivity contribution in [3.63, 3.8) is 0 Å². The van der Waals surface area contributed by atoms with Crippen LogP contribution in [0.5, 0.6) is 0 Å². The van der Waals surface area contributed by atoms with Crippen LogP contribution >= 0.6 is 0 Å². The van der Waals surface area contributed by atoms with Crippen molar-refractivity contribution in [2.24, 2.45) is 5.73 Å². The third-order valence-corrected chi connectivity index (χ3v) is 5.10. The molecule has 0 radical (unpaired) electrons. The fourth-order valence-electron chi connectivity index (χ4n) is 2.32. The molecular formula is C15H20N2O2S. The van der Waals surface area contributed by atoms with Gasteiger partial charge in [0.15, 0.2) is 9.84 Å². The van der Waals surface area contributed by atoms with Gasteiger partial charge in [-0.25, -0.2) is 8.42 Å². The zero-order valence-corrected chi connectivity index (χ0v) is 12.3. The summed E-state index contributed by atoms with van der Waals surface area (Å²) in [7, 11) is -2.85. The average molecular weight is 292 g/mol. The first kappa shape index (κ1) is 15.0. The number of benzene rings is 1. The van der Waals surface area contributed by atoms with E-state index in [0.717, 1.165) is 24.2 Å². The lowest BCUT2D eigenvalue weighted by atomic mass is 10.1. The van der Waals surface area contributed by atoms with Gasteiger partial charge in [-0.05, 0) is 24.6 Å². The molecule has 0 unspecified atom stereocenters. The highest BCUT2D eigenvalue weighted by Gasteiger charge is 2.19. The predicted molar refractivity (Wildman–Crippen MR) is 80.9 cm³/mol. The monoisotopic (exact) mass is 292 g/mol. The van der Waals surface area contributed by atoms with Crippen LogP contribution in [0.2, 0.25) is 0 Å². The molecule has 4 nitrogen and oxygen atoms in total. The summed E-state index contributed by atoms with van der Waals surface area (Å²) in [6.45, 7) is 2.50. The molecule has 1 aliphatic heterocycles. The normalized spacial score (nSPS) is 18.9. The van der Waals surface area contributed by atoms with Gasteiger partial charge < -0.3 is 5.73 Å². The molecule has 20 heavy (non-hydrogen) atoms. The van der Waals surface area contributed by atoms with E-state index in [-0.39, 0.29) is 5.75 Å². The highest BCUT2D eigenvalue weighted by Crippen LogP contribution is 2.13. The summed E-state index contributed by atoms with van der Waals surface area (Å²) in [6.07, 6.45) is 0.707. The number of nitrogens with zero attached hydrogens (tertiary/aromatic N) is 1. The van der Waals surface area contributed by atoms with E-state index in [2.05, 4.69) is 16.7 Å². The van der Waals surface area contributed by atoms with E-state index in [1.165, 1.54) is 0 Å². The zero-order chi connectivity index (χ0) is 14.4. The molecule has 5 heteroatoms. The van der Waals surface area contributed by atoms with Gasteiger partial charge in [0.25, 0.3) is 0 Å². The SMILES string of the molecule is NCC#Cc1ccccc1CN1CCCS(=O)(=O)CC1. The molecule has 0 bridgehead atoms. The Kier molecular flexibility index (Phi) is 5.18. The lowest BCUT2D eigenvalue weighted by Gasteiger charge is -2.19. The van der Waals surface area contributed by atoms with Crippen molar-refractivity contribution in [3.05, 3.63) is 35.4 Å².